The second-order valence-electron chi connectivity index (χ2n) is 4.21. The van der Waals surface area contributed by atoms with Crippen LogP contribution in [-0.2, 0) is 21.6 Å². The van der Waals surface area contributed by atoms with Gasteiger partial charge in [-0.3, -0.25) is 4.79 Å². The zero-order valence-electron chi connectivity index (χ0n) is 9.71. The maximum atomic E-state index is 13.7. The topological polar surface area (TPSA) is 74.7 Å². The Balaban J connectivity index is 2.41. The molecule has 8 heteroatoms. The molecule has 0 aromatic heterocycles. The standard InChI is InChI=1S/C11H11F2NO4S/c12-9-3-1-2-7(6-15)11(9)14-5-8(4-10(14)16)19(13,17)18/h1-3,8,15H,4-6H2. The second kappa shape index (κ2) is 4.86. The lowest BCUT2D eigenvalue weighted by atomic mass is 10.1. The lowest BCUT2D eigenvalue weighted by Gasteiger charge is -2.19. The van der Waals surface area contributed by atoms with Crippen molar-refractivity contribution in [2.24, 2.45) is 0 Å². The van der Waals surface area contributed by atoms with Crippen molar-refractivity contribution in [1.29, 1.82) is 0 Å². The first kappa shape index (κ1) is 13.9. The molecule has 104 valence electrons. The molecule has 1 atom stereocenters. The van der Waals surface area contributed by atoms with Crippen LogP contribution in [0.5, 0.6) is 0 Å². The summed E-state index contributed by atoms with van der Waals surface area (Å²) < 4.78 is 48.2. The van der Waals surface area contributed by atoms with Crippen molar-refractivity contribution < 1.29 is 26.6 Å². The number of carbonyl (C=O) groups is 1. The summed E-state index contributed by atoms with van der Waals surface area (Å²) in [5, 5.41) is 7.62. The van der Waals surface area contributed by atoms with E-state index >= 15 is 0 Å². The van der Waals surface area contributed by atoms with E-state index in [0.29, 0.717) is 0 Å². The van der Waals surface area contributed by atoms with Gasteiger partial charge in [-0.15, -0.1) is 3.89 Å². The highest BCUT2D eigenvalue weighted by Gasteiger charge is 2.40. The first-order chi connectivity index (χ1) is 8.84. The Morgan fingerprint density at radius 2 is 2.11 bits per heavy atom. The van der Waals surface area contributed by atoms with Crippen LogP contribution in [0.2, 0.25) is 0 Å². The number of benzene rings is 1. The first-order valence-corrected chi connectivity index (χ1v) is 6.91. The van der Waals surface area contributed by atoms with Crippen molar-refractivity contribution in [3.8, 4) is 0 Å². The Morgan fingerprint density at radius 3 is 2.63 bits per heavy atom. The number of halogens is 2. The van der Waals surface area contributed by atoms with Gasteiger partial charge in [0.1, 0.15) is 11.1 Å². The molecule has 0 spiro atoms. The molecule has 1 N–H and O–H groups in total. The van der Waals surface area contributed by atoms with E-state index in [9.17, 15) is 21.5 Å². The summed E-state index contributed by atoms with van der Waals surface area (Å²) in [5.41, 5.74) is -0.0496. The summed E-state index contributed by atoms with van der Waals surface area (Å²) >= 11 is 0. The van der Waals surface area contributed by atoms with Crippen LogP contribution >= 0.6 is 0 Å². The van der Waals surface area contributed by atoms with Gasteiger partial charge in [0.25, 0.3) is 0 Å². The monoisotopic (exact) mass is 291 g/mol. The third-order valence-electron chi connectivity index (χ3n) is 3.00. The number of para-hydroxylation sites is 1. The van der Waals surface area contributed by atoms with Gasteiger partial charge < -0.3 is 10.0 Å². The average molecular weight is 291 g/mol. The second-order valence-corrected chi connectivity index (χ2v) is 5.83. The molecule has 2 rings (SSSR count). The molecular weight excluding hydrogens is 280 g/mol. The van der Waals surface area contributed by atoms with Crippen molar-refractivity contribution in [3.05, 3.63) is 29.6 Å². The lowest BCUT2D eigenvalue weighted by Crippen LogP contribution is -2.28. The van der Waals surface area contributed by atoms with Crippen molar-refractivity contribution in [2.75, 3.05) is 11.4 Å². The Labute approximate surface area is 108 Å². The summed E-state index contributed by atoms with van der Waals surface area (Å²) in [6.45, 7) is -0.963. The number of anilines is 1. The van der Waals surface area contributed by atoms with E-state index in [0.717, 1.165) is 11.0 Å². The van der Waals surface area contributed by atoms with Crippen LogP contribution < -0.4 is 4.90 Å². The van der Waals surface area contributed by atoms with Crippen LogP contribution in [0.3, 0.4) is 0 Å². The minimum absolute atomic E-state index is 0.144. The van der Waals surface area contributed by atoms with Gasteiger partial charge in [0.15, 0.2) is 0 Å². The highest BCUT2D eigenvalue weighted by atomic mass is 32.3. The van der Waals surface area contributed by atoms with Gasteiger partial charge in [-0.1, -0.05) is 12.1 Å². The lowest BCUT2D eigenvalue weighted by molar-refractivity contribution is -0.117. The molecule has 5 nitrogen and oxygen atoms in total. The molecule has 1 aromatic rings. The maximum Gasteiger partial charge on any atom is 0.307 e. The van der Waals surface area contributed by atoms with Crippen LogP contribution in [0.25, 0.3) is 0 Å². The summed E-state index contributed by atoms with van der Waals surface area (Å²) in [6, 6.07) is 3.84. The maximum absolute atomic E-state index is 13.7. The number of hydrogen-bond donors (Lipinski definition) is 1. The summed E-state index contributed by atoms with van der Waals surface area (Å²) in [4.78, 5) is 12.6. The molecule has 1 aliphatic heterocycles. The predicted octanol–water partition coefficient (Wildman–Crippen LogP) is 0.723. The summed E-state index contributed by atoms with van der Waals surface area (Å²) in [6.07, 6.45) is -0.530. The Kier molecular flexibility index (Phi) is 3.55. The minimum atomic E-state index is -4.86. The Hall–Kier alpha value is -1.54. The van der Waals surface area contributed by atoms with Crippen LogP contribution in [0, 0.1) is 5.82 Å². The average Bonchev–Trinajstić information content (AvgIpc) is 2.70. The van der Waals surface area contributed by atoms with Gasteiger partial charge in [-0.05, 0) is 6.07 Å². The van der Waals surface area contributed by atoms with Crippen LogP contribution in [0.4, 0.5) is 14.0 Å². The molecule has 0 bridgehead atoms. The van der Waals surface area contributed by atoms with Gasteiger partial charge in [0, 0.05) is 18.5 Å². The van der Waals surface area contributed by atoms with Crippen LogP contribution in [0.15, 0.2) is 18.2 Å². The number of aliphatic hydroxyl groups excluding tert-OH is 1. The minimum Gasteiger partial charge on any atom is -0.392 e. The molecule has 1 aliphatic rings. The molecule has 1 amide bonds. The fourth-order valence-corrected chi connectivity index (χ4v) is 2.74. The zero-order valence-corrected chi connectivity index (χ0v) is 10.5. The van der Waals surface area contributed by atoms with Crippen LogP contribution in [0.1, 0.15) is 12.0 Å². The van der Waals surface area contributed by atoms with Gasteiger partial charge in [-0.2, -0.15) is 8.42 Å². The zero-order chi connectivity index (χ0) is 14.2. The first-order valence-electron chi connectivity index (χ1n) is 5.46. The summed E-state index contributed by atoms with van der Waals surface area (Å²) in [7, 11) is -4.86. The highest BCUT2D eigenvalue weighted by Crippen LogP contribution is 2.31. The van der Waals surface area contributed by atoms with Crippen molar-refractivity contribution in [2.45, 2.75) is 18.3 Å². The predicted molar refractivity (Wildman–Crippen MR) is 63.1 cm³/mol. The third-order valence-corrected chi connectivity index (χ3v) is 4.11. The van der Waals surface area contributed by atoms with E-state index in [1.807, 2.05) is 0 Å². The van der Waals surface area contributed by atoms with Crippen molar-refractivity contribution in [3.63, 3.8) is 0 Å². The van der Waals surface area contributed by atoms with Gasteiger partial charge in [-0.25, -0.2) is 4.39 Å². The van der Waals surface area contributed by atoms with Gasteiger partial charge in [0.2, 0.25) is 5.91 Å². The third kappa shape index (κ3) is 2.59. The molecule has 1 saturated heterocycles. The van der Waals surface area contributed by atoms with E-state index in [1.165, 1.54) is 12.1 Å². The molecule has 1 unspecified atom stereocenters. The summed E-state index contributed by atoms with van der Waals surface area (Å²) in [5.74, 6) is -1.46. The number of carbonyl (C=O) groups excluding carboxylic acids is 1. The highest BCUT2D eigenvalue weighted by molar-refractivity contribution is 7.87. The van der Waals surface area contributed by atoms with E-state index < -0.39 is 46.8 Å². The smallest absolute Gasteiger partial charge is 0.307 e. The largest absolute Gasteiger partial charge is 0.392 e. The van der Waals surface area contributed by atoms with Gasteiger partial charge >= 0.3 is 10.2 Å². The SMILES string of the molecule is O=C1CC(S(=O)(=O)F)CN1c1c(F)cccc1CO. The van der Waals surface area contributed by atoms with E-state index in [2.05, 4.69) is 0 Å². The fraction of sp³-hybridized carbons (Fsp3) is 0.364. The van der Waals surface area contributed by atoms with Crippen LogP contribution in [-0.4, -0.2) is 31.2 Å². The molecule has 0 saturated carbocycles. The molecule has 1 fully saturated rings. The molecular formula is C11H11F2NO4S. The van der Waals surface area contributed by atoms with Gasteiger partial charge in [0.05, 0.1) is 12.3 Å². The molecule has 1 heterocycles. The van der Waals surface area contributed by atoms with E-state index in [4.69, 9.17) is 5.11 Å². The fourth-order valence-electron chi connectivity index (χ4n) is 2.07. The van der Waals surface area contributed by atoms with E-state index in [-0.39, 0.29) is 11.3 Å². The van der Waals surface area contributed by atoms with Crippen molar-refractivity contribution >= 4 is 21.8 Å². The van der Waals surface area contributed by atoms with Crippen molar-refractivity contribution in [1.82, 2.24) is 0 Å². The normalized spacial score (nSPS) is 20.1. The number of rotatable bonds is 3. The molecule has 0 radical (unpaired) electrons. The number of amides is 1. The molecule has 0 aliphatic carbocycles. The Morgan fingerprint density at radius 1 is 1.42 bits per heavy atom. The molecule has 19 heavy (non-hydrogen) atoms. The number of aliphatic hydroxyl groups is 1. The number of hydrogen-bond acceptors (Lipinski definition) is 4. The van der Waals surface area contributed by atoms with E-state index in [1.54, 1.807) is 0 Å². The number of nitrogens with zero attached hydrogens (tertiary/aromatic N) is 1. The molecule has 1 aromatic carbocycles. The quantitative estimate of drug-likeness (QED) is 0.833. The Bertz CT molecular complexity index is 617.